The van der Waals surface area contributed by atoms with Gasteiger partial charge in [-0.15, -0.1) is 0 Å². The summed E-state index contributed by atoms with van der Waals surface area (Å²) in [5.41, 5.74) is 5.45. The second-order valence-corrected chi connectivity index (χ2v) is 2.86. The molecule has 0 radical (unpaired) electrons. The molecule has 0 aromatic carbocycles. The monoisotopic (exact) mass is 210 g/mol. The third kappa shape index (κ3) is 3.08. The van der Waals surface area contributed by atoms with Gasteiger partial charge in [0.15, 0.2) is 0 Å². The minimum Gasteiger partial charge on any atom is -0.468 e. The molecule has 0 aliphatic carbocycles. The van der Waals surface area contributed by atoms with Crippen LogP contribution in [-0.2, 0) is 9.53 Å². The van der Waals surface area contributed by atoms with Crippen molar-refractivity contribution in [3.8, 4) is 0 Å². The molecule has 0 aliphatic heterocycles. The van der Waals surface area contributed by atoms with Crippen molar-refractivity contribution in [1.29, 1.82) is 0 Å². The van der Waals surface area contributed by atoms with Gasteiger partial charge in [-0.25, -0.2) is 4.98 Å². The van der Waals surface area contributed by atoms with Crippen LogP contribution in [0.25, 0.3) is 0 Å². The highest BCUT2D eigenvalue weighted by Gasteiger charge is 2.11. The molecule has 0 aliphatic rings. The highest BCUT2D eigenvalue weighted by atomic mass is 16.5. The maximum absolute atomic E-state index is 11.1. The van der Waals surface area contributed by atoms with E-state index in [0.717, 1.165) is 0 Å². The Morgan fingerprint density at radius 2 is 2.40 bits per heavy atom. The van der Waals surface area contributed by atoms with Gasteiger partial charge in [0.2, 0.25) is 5.95 Å². The molecule has 2 N–H and O–H groups in total. The second-order valence-electron chi connectivity index (χ2n) is 2.86. The highest BCUT2D eigenvalue weighted by Crippen LogP contribution is 2.09. The van der Waals surface area contributed by atoms with Crippen molar-refractivity contribution in [3.63, 3.8) is 0 Å². The second kappa shape index (κ2) is 5.14. The lowest BCUT2D eigenvalue weighted by atomic mass is 10.4. The fraction of sp³-hybridized carbons (Fsp3) is 0.444. The summed E-state index contributed by atoms with van der Waals surface area (Å²) < 4.78 is 4.58. The van der Waals surface area contributed by atoms with E-state index in [1.165, 1.54) is 7.11 Å². The molecule has 82 valence electrons. The summed E-state index contributed by atoms with van der Waals surface area (Å²) in [4.78, 5) is 20.7. The molecular weight excluding hydrogens is 196 g/mol. The molecule has 0 spiro atoms. The molecule has 0 unspecified atom stereocenters. The predicted octanol–water partition coefficient (Wildman–Crippen LogP) is 0.0581. The Balaban J connectivity index is 2.78. The first kappa shape index (κ1) is 11.2. The molecule has 0 atom stereocenters. The summed E-state index contributed by atoms with van der Waals surface area (Å²) in [5.74, 6) is 0.500. The Morgan fingerprint density at radius 3 is 2.93 bits per heavy atom. The Bertz CT molecular complexity index is 343. The summed E-state index contributed by atoms with van der Waals surface area (Å²) in [6.45, 7) is 2.72. The first-order valence-electron chi connectivity index (χ1n) is 4.57. The zero-order valence-corrected chi connectivity index (χ0v) is 8.80. The van der Waals surface area contributed by atoms with Crippen LogP contribution in [0.4, 0.5) is 11.8 Å². The van der Waals surface area contributed by atoms with Gasteiger partial charge < -0.3 is 15.4 Å². The van der Waals surface area contributed by atoms with Crippen molar-refractivity contribution in [2.75, 3.05) is 30.8 Å². The number of anilines is 2. The number of nitrogens with two attached hydrogens (primary N) is 1. The van der Waals surface area contributed by atoms with Crippen LogP contribution in [0.15, 0.2) is 12.3 Å². The van der Waals surface area contributed by atoms with Gasteiger partial charge in [0.1, 0.15) is 12.4 Å². The van der Waals surface area contributed by atoms with Crippen LogP contribution in [0.5, 0.6) is 0 Å². The minimum atomic E-state index is -0.311. The molecule has 0 saturated carbocycles. The van der Waals surface area contributed by atoms with Crippen molar-refractivity contribution in [3.05, 3.63) is 12.3 Å². The fourth-order valence-electron chi connectivity index (χ4n) is 1.12. The van der Waals surface area contributed by atoms with Gasteiger partial charge in [-0.05, 0) is 13.0 Å². The van der Waals surface area contributed by atoms with Crippen LogP contribution in [0, 0.1) is 0 Å². The number of carbonyl (C=O) groups excluding carboxylic acids is 1. The maximum atomic E-state index is 11.1. The Hall–Kier alpha value is -1.85. The number of ether oxygens (including phenoxy) is 1. The molecule has 15 heavy (non-hydrogen) atoms. The maximum Gasteiger partial charge on any atom is 0.325 e. The normalized spacial score (nSPS) is 9.73. The molecule has 1 heterocycles. The van der Waals surface area contributed by atoms with Crippen LogP contribution >= 0.6 is 0 Å². The number of methoxy groups -OCH3 is 1. The fourth-order valence-corrected chi connectivity index (χ4v) is 1.12. The number of hydrogen-bond donors (Lipinski definition) is 1. The molecule has 1 rings (SSSR count). The van der Waals surface area contributed by atoms with Gasteiger partial charge in [0, 0.05) is 12.7 Å². The molecule has 0 saturated heterocycles. The van der Waals surface area contributed by atoms with Gasteiger partial charge in [-0.3, -0.25) is 4.79 Å². The van der Waals surface area contributed by atoms with E-state index >= 15 is 0 Å². The predicted molar refractivity (Wildman–Crippen MR) is 56.3 cm³/mol. The smallest absolute Gasteiger partial charge is 0.325 e. The number of aromatic nitrogens is 2. The molecule has 0 amide bonds. The lowest BCUT2D eigenvalue weighted by Crippen LogP contribution is -2.31. The van der Waals surface area contributed by atoms with Gasteiger partial charge in [0.05, 0.1) is 7.11 Å². The molecule has 6 nitrogen and oxygen atoms in total. The Morgan fingerprint density at radius 1 is 1.67 bits per heavy atom. The summed E-state index contributed by atoms with van der Waals surface area (Å²) >= 11 is 0. The third-order valence-electron chi connectivity index (χ3n) is 1.91. The van der Waals surface area contributed by atoms with Crippen LogP contribution in [0.2, 0.25) is 0 Å². The van der Waals surface area contributed by atoms with Crippen LogP contribution in [0.1, 0.15) is 6.92 Å². The SMILES string of the molecule is CCN(CC(=O)OC)c1ccnc(N)n1. The number of rotatable bonds is 4. The average Bonchev–Trinajstić information content (AvgIpc) is 2.25. The summed E-state index contributed by atoms with van der Waals surface area (Å²) in [6.07, 6.45) is 1.55. The standard InChI is InChI=1S/C9H14N4O2/c1-3-13(6-8(14)15-2)7-4-5-11-9(10)12-7/h4-5H,3,6H2,1-2H3,(H2,10,11,12). The summed E-state index contributed by atoms with van der Waals surface area (Å²) in [5, 5.41) is 0. The topological polar surface area (TPSA) is 81.3 Å². The summed E-state index contributed by atoms with van der Waals surface area (Å²) in [7, 11) is 1.35. The van der Waals surface area contributed by atoms with E-state index in [1.807, 2.05) is 6.92 Å². The van der Waals surface area contributed by atoms with Crippen molar-refractivity contribution >= 4 is 17.7 Å². The third-order valence-corrected chi connectivity index (χ3v) is 1.91. The lowest BCUT2D eigenvalue weighted by molar-refractivity contribution is -0.138. The zero-order chi connectivity index (χ0) is 11.3. The number of carbonyl (C=O) groups is 1. The van der Waals surface area contributed by atoms with E-state index in [-0.39, 0.29) is 18.5 Å². The largest absolute Gasteiger partial charge is 0.468 e. The molecule has 1 aromatic rings. The van der Waals surface area contributed by atoms with Crippen molar-refractivity contribution in [2.24, 2.45) is 0 Å². The van der Waals surface area contributed by atoms with Crippen LogP contribution < -0.4 is 10.6 Å². The van der Waals surface area contributed by atoms with Gasteiger partial charge >= 0.3 is 5.97 Å². The zero-order valence-electron chi connectivity index (χ0n) is 8.80. The quantitative estimate of drug-likeness (QED) is 0.707. The first-order chi connectivity index (χ1) is 7.17. The van der Waals surface area contributed by atoms with Crippen LogP contribution in [-0.4, -0.2) is 36.1 Å². The van der Waals surface area contributed by atoms with E-state index in [1.54, 1.807) is 17.2 Å². The molecule has 1 aromatic heterocycles. The lowest BCUT2D eigenvalue weighted by Gasteiger charge is -2.19. The van der Waals surface area contributed by atoms with Gasteiger partial charge in [-0.2, -0.15) is 4.98 Å². The summed E-state index contributed by atoms with van der Waals surface area (Å²) in [6, 6.07) is 1.70. The number of nitrogen functional groups attached to an aromatic ring is 1. The molecule has 0 fully saturated rings. The van der Waals surface area contributed by atoms with Crippen molar-refractivity contribution in [1.82, 2.24) is 9.97 Å². The van der Waals surface area contributed by atoms with E-state index in [0.29, 0.717) is 12.4 Å². The number of hydrogen-bond acceptors (Lipinski definition) is 6. The average molecular weight is 210 g/mol. The Kier molecular flexibility index (Phi) is 3.84. The Labute approximate surface area is 88.1 Å². The first-order valence-corrected chi connectivity index (χ1v) is 4.57. The van der Waals surface area contributed by atoms with Crippen molar-refractivity contribution in [2.45, 2.75) is 6.92 Å². The van der Waals surface area contributed by atoms with Crippen LogP contribution in [0.3, 0.4) is 0 Å². The van der Waals surface area contributed by atoms with E-state index in [4.69, 9.17) is 5.73 Å². The van der Waals surface area contributed by atoms with Gasteiger partial charge in [0.25, 0.3) is 0 Å². The molecular formula is C9H14N4O2. The number of esters is 1. The molecule has 0 bridgehead atoms. The van der Waals surface area contributed by atoms with Crippen molar-refractivity contribution < 1.29 is 9.53 Å². The molecule has 6 heteroatoms. The van der Waals surface area contributed by atoms with E-state index < -0.39 is 0 Å². The number of likely N-dealkylation sites (N-methyl/N-ethyl adjacent to an activating group) is 1. The highest BCUT2D eigenvalue weighted by molar-refractivity contribution is 5.75. The minimum absolute atomic E-state index is 0.156. The van der Waals surface area contributed by atoms with E-state index in [9.17, 15) is 4.79 Å². The van der Waals surface area contributed by atoms with Gasteiger partial charge in [-0.1, -0.05) is 0 Å². The number of nitrogens with zero attached hydrogens (tertiary/aromatic N) is 3. The van der Waals surface area contributed by atoms with E-state index in [2.05, 4.69) is 14.7 Å².